The fourth-order valence-corrected chi connectivity index (χ4v) is 5.95. The summed E-state index contributed by atoms with van der Waals surface area (Å²) >= 11 is 0. The summed E-state index contributed by atoms with van der Waals surface area (Å²) in [5.74, 6) is -1.57. The highest BCUT2D eigenvalue weighted by Gasteiger charge is 2.35. The van der Waals surface area contributed by atoms with Crippen LogP contribution < -0.4 is 4.74 Å². The summed E-state index contributed by atoms with van der Waals surface area (Å²) in [6, 6.07) is 2.02. The van der Waals surface area contributed by atoms with Gasteiger partial charge in [-0.2, -0.15) is 0 Å². The third-order valence-electron chi connectivity index (χ3n) is 7.97. The van der Waals surface area contributed by atoms with Gasteiger partial charge in [-0.15, -0.1) is 13.2 Å². The molecule has 34 heavy (non-hydrogen) atoms. The minimum Gasteiger partial charge on any atom is -0.399 e. The van der Waals surface area contributed by atoms with Crippen LogP contribution in [0, 0.1) is 29.4 Å². The van der Waals surface area contributed by atoms with Gasteiger partial charge in [-0.05, 0) is 86.8 Å². The molecule has 0 atom stereocenters. The van der Waals surface area contributed by atoms with E-state index in [1.807, 2.05) is 0 Å². The molecule has 6 heteroatoms. The molecule has 0 unspecified atom stereocenters. The zero-order chi connectivity index (χ0) is 24.6. The lowest BCUT2D eigenvalue weighted by Crippen LogP contribution is -2.20. The van der Waals surface area contributed by atoms with Crippen LogP contribution in [-0.4, -0.2) is 6.36 Å². The smallest absolute Gasteiger partial charge is 0.399 e. The Morgan fingerprint density at radius 2 is 1.29 bits per heavy atom. The van der Waals surface area contributed by atoms with Gasteiger partial charge in [-0.1, -0.05) is 63.5 Å². The van der Waals surface area contributed by atoms with Crippen molar-refractivity contribution in [3.05, 3.63) is 41.5 Å². The highest BCUT2D eigenvalue weighted by Crippen LogP contribution is 2.41. The molecule has 1 nitrogen and oxygen atoms in total. The summed E-state index contributed by atoms with van der Waals surface area (Å²) in [7, 11) is 0. The predicted molar refractivity (Wildman–Crippen MR) is 126 cm³/mol. The van der Waals surface area contributed by atoms with Crippen LogP contribution in [-0.2, 0) is 0 Å². The molecule has 0 N–H and O–H groups in total. The first-order valence-corrected chi connectivity index (χ1v) is 13.1. The van der Waals surface area contributed by atoms with Crippen molar-refractivity contribution in [3.8, 4) is 5.75 Å². The van der Waals surface area contributed by atoms with E-state index in [1.54, 1.807) is 0 Å². The maximum Gasteiger partial charge on any atom is 0.573 e. The molecular formula is C28H39F5O. The van der Waals surface area contributed by atoms with E-state index in [0.717, 1.165) is 49.7 Å². The lowest BCUT2D eigenvalue weighted by molar-refractivity contribution is -0.276. The Morgan fingerprint density at radius 3 is 1.79 bits per heavy atom. The van der Waals surface area contributed by atoms with Crippen molar-refractivity contribution in [1.82, 2.24) is 0 Å². The van der Waals surface area contributed by atoms with Crippen molar-refractivity contribution < 1.29 is 26.7 Å². The van der Waals surface area contributed by atoms with Gasteiger partial charge in [0.05, 0.1) is 0 Å². The Bertz CT molecular complexity index is 748. The number of allylic oxidation sites excluding steroid dienone is 2. The minimum atomic E-state index is -5.12. The first-order chi connectivity index (χ1) is 16.2. The van der Waals surface area contributed by atoms with E-state index < -0.39 is 23.7 Å². The highest BCUT2D eigenvalue weighted by atomic mass is 19.4. The van der Waals surface area contributed by atoms with Crippen molar-refractivity contribution in [2.75, 3.05) is 0 Å². The molecule has 0 bridgehead atoms. The Balaban J connectivity index is 1.36. The molecule has 3 rings (SSSR count). The van der Waals surface area contributed by atoms with Gasteiger partial charge >= 0.3 is 6.36 Å². The van der Waals surface area contributed by atoms with Gasteiger partial charge in [0.25, 0.3) is 0 Å². The van der Waals surface area contributed by atoms with Crippen molar-refractivity contribution in [2.24, 2.45) is 17.8 Å². The maximum atomic E-state index is 14.1. The largest absolute Gasteiger partial charge is 0.573 e. The van der Waals surface area contributed by atoms with E-state index in [0.29, 0.717) is 11.5 Å². The number of benzene rings is 1. The molecule has 2 aliphatic carbocycles. The van der Waals surface area contributed by atoms with Crippen molar-refractivity contribution >= 4 is 0 Å². The van der Waals surface area contributed by atoms with E-state index in [4.69, 9.17) is 0 Å². The van der Waals surface area contributed by atoms with Crippen LogP contribution >= 0.6 is 0 Å². The van der Waals surface area contributed by atoms with Crippen LogP contribution in [0.1, 0.15) is 108 Å². The van der Waals surface area contributed by atoms with Crippen LogP contribution in [0.15, 0.2) is 24.3 Å². The first-order valence-electron chi connectivity index (χ1n) is 13.1. The third-order valence-corrected chi connectivity index (χ3v) is 7.97. The van der Waals surface area contributed by atoms with Crippen LogP contribution in [0.3, 0.4) is 0 Å². The number of alkyl halides is 3. The van der Waals surface area contributed by atoms with Crippen LogP contribution in [0.2, 0.25) is 0 Å². The Morgan fingerprint density at radius 1 is 0.794 bits per heavy atom. The average molecular weight is 487 g/mol. The Labute approximate surface area is 201 Å². The summed E-state index contributed by atoms with van der Waals surface area (Å²) in [5, 5.41) is 0. The molecular weight excluding hydrogens is 447 g/mol. The lowest BCUT2D eigenvalue weighted by Gasteiger charge is -2.32. The summed E-state index contributed by atoms with van der Waals surface area (Å²) in [5.41, 5.74) is 0.437. The van der Waals surface area contributed by atoms with Crippen molar-refractivity contribution in [3.63, 3.8) is 0 Å². The second-order valence-corrected chi connectivity index (χ2v) is 10.4. The predicted octanol–water partition coefficient (Wildman–Crippen LogP) is 9.86. The van der Waals surface area contributed by atoms with E-state index in [-0.39, 0.29) is 5.92 Å². The van der Waals surface area contributed by atoms with Gasteiger partial charge < -0.3 is 4.74 Å². The number of unbranched alkanes of at least 4 members (excludes halogenated alkanes) is 2. The van der Waals surface area contributed by atoms with E-state index >= 15 is 0 Å². The van der Waals surface area contributed by atoms with Gasteiger partial charge in [0.2, 0.25) is 5.75 Å². The van der Waals surface area contributed by atoms with Crippen LogP contribution in [0.25, 0.3) is 0 Å². The number of hydrogen-bond acceptors (Lipinski definition) is 1. The molecule has 2 aliphatic rings. The fraction of sp³-hybridized carbons (Fsp3) is 0.714. The second kappa shape index (κ2) is 12.9. The van der Waals surface area contributed by atoms with Gasteiger partial charge in [0.1, 0.15) is 0 Å². The molecule has 0 saturated heterocycles. The SMILES string of the molecule is CC=CCCCCC1CCC(CCC2CCC(c3cc(F)c(OC(F)(F)F)c(F)c3)CC2)CC1. The Hall–Kier alpha value is -1.59. The van der Waals surface area contributed by atoms with E-state index in [2.05, 4.69) is 23.8 Å². The van der Waals surface area contributed by atoms with Crippen LogP contribution in [0.4, 0.5) is 22.0 Å². The number of hydrogen-bond donors (Lipinski definition) is 0. The minimum absolute atomic E-state index is 0.0107. The summed E-state index contributed by atoms with van der Waals surface area (Å²) in [6.45, 7) is 2.08. The molecule has 1 aromatic rings. The van der Waals surface area contributed by atoms with Gasteiger partial charge in [0.15, 0.2) is 11.6 Å². The molecule has 0 aliphatic heterocycles. The van der Waals surface area contributed by atoms with E-state index in [1.165, 1.54) is 64.2 Å². The van der Waals surface area contributed by atoms with Gasteiger partial charge in [-0.3, -0.25) is 0 Å². The first kappa shape index (κ1) is 27.0. The van der Waals surface area contributed by atoms with Crippen LogP contribution in [0.5, 0.6) is 5.75 Å². The number of halogens is 5. The topological polar surface area (TPSA) is 9.23 Å². The van der Waals surface area contributed by atoms with Gasteiger partial charge in [0, 0.05) is 0 Å². The fourth-order valence-electron chi connectivity index (χ4n) is 5.95. The zero-order valence-corrected chi connectivity index (χ0v) is 20.3. The molecule has 0 radical (unpaired) electrons. The molecule has 2 fully saturated rings. The molecule has 0 amide bonds. The van der Waals surface area contributed by atoms with Crippen molar-refractivity contribution in [2.45, 2.75) is 109 Å². The molecule has 0 aromatic heterocycles. The zero-order valence-electron chi connectivity index (χ0n) is 20.3. The normalized spacial score (nSPS) is 26.2. The summed E-state index contributed by atoms with van der Waals surface area (Å²) < 4.78 is 68.7. The molecule has 0 heterocycles. The highest BCUT2D eigenvalue weighted by molar-refractivity contribution is 5.33. The molecule has 2 saturated carbocycles. The van der Waals surface area contributed by atoms with Crippen molar-refractivity contribution in [1.29, 1.82) is 0 Å². The van der Waals surface area contributed by atoms with Gasteiger partial charge in [-0.25, -0.2) is 8.78 Å². The summed E-state index contributed by atoms with van der Waals surface area (Å²) in [4.78, 5) is 0. The number of rotatable bonds is 10. The average Bonchev–Trinajstić information content (AvgIpc) is 2.80. The maximum absolute atomic E-state index is 14.1. The second-order valence-electron chi connectivity index (χ2n) is 10.4. The monoisotopic (exact) mass is 486 g/mol. The quantitative estimate of drug-likeness (QED) is 0.182. The third kappa shape index (κ3) is 8.57. The molecule has 0 spiro atoms. The summed E-state index contributed by atoms with van der Waals surface area (Å²) in [6.07, 6.45) is 16.1. The lowest BCUT2D eigenvalue weighted by atomic mass is 9.74. The molecule has 192 valence electrons. The van der Waals surface area contributed by atoms with E-state index in [9.17, 15) is 22.0 Å². The number of ether oxygens (including phenoxy) is 1. The Kier molecular flexibility index (Phi) is 10.3. The standard InChI is InChI=1S/C28H39F5O/c1-2-3-4-5-6-7-20-8-10-21(11-9-20)12-13-22-14-16-23(17-15-22)24-18-25(29)27(26(30)19-24)34-28(31,32)33/h2-3,18-23H,4-17H2,1H3. The molecule has 1 aromatic carbocycles.